The monoisotopic (exact) mass is 478 g/mol. The van der Waals surface area contributed by atoms with Gasteiger partial charge in [-0.3, -0.25) is 24.1 Å². The first-order valence-corrected chi connectivity index (χ1v) is 13.6. The zero-order valence-electron chi connectivity index (χ0n) is 20.9. The van der Waals surface area contributed by atoms with Gasteiger partial charge in [-0.15, -0.1) is 0 Å². The number of hydrogen-bond acceptors (Lipinski definition) is 5. The van der Waals surface area contributed by atoms with E-state index < -0.39 is 0 Å². The number of carbonyl (C=O) groups is 2. The van der Waals surface area contributed by atoms with Crippen molar-refractivity contribution in [3.63, 3.8) is 0 Å². The summed E-state index contributed by atoms with van der Waals surface area (Å²) in [7, 11) is 0. The van der Waals surface area contributed by atoms with Crippen molar-refractivity contribution < 1.29 is 9.59 Å². The van der Waals surface area contributed by atoms with E-state index in [9.17, 15) is 9.59 Å². The second-order valence-electron chi connectivity index (χ2n) is 11.0. The van der Waals surface area contributed by atoms with Crippen molar-refractivity contribution in [2.24, 2.45) is 0 Å². The highest BCUT2D eigenvalue weighted by Crippen LogP contribution is 2.37. The van der Waals surface area contributed by atoms with Crippen molar-refractivity contribution >= 4 is 22.7 Å². The predicted octanol–water partition coefficient (Wildman–Crippen LogP) is 2.65. The molecule has 4 fully saturated rings. The molecule has 8 nitrogen and oxygen atoms in total. The van der Waals surface area contributed by atoms with Crippen LogP contribution in [0.4, 0.5) is 0 Å². The van der Waals surface area contributed by atoms with Crippen molar-refractivity contribution in [1.29, 1.82) is 0 Å². The minimum atomic E-state index is -0.0135. The fourth-order valence-electron chi connectivity index (χ4n) is 6.72. The number of rotatable bonds is 6. The number of piperidine rings is 1. The van der Waals surface area contributed by atoms with Crippen LogP contribution in [0.5, 0.6) is 0 Å². The van der Waals surface area contributed by atoms with Crippen LogP contribution in [0.3, 0.4) is 0 Å². The summed E-state index contributed by atoms with van der Waals surface area (Å²) >= 11 is 0. The number of para-hydroxylation sites is 1. The average molecular weight is 479 g/mol. The molecule has 1 aromatic carbocycles. The zero-order valence-corrected chi connectivity index (χ0v) is 20.9. The van der Waals surface area contributed by atoms with E-state index in [1.165, 1.54) is 19.3 Å². The van der Waals surface area contributed by atoms with Crippen LogP contribution in [0, 0.1) is 0 Å². The number of fused-ring (bicyclic) bond motifs is 3. The highest BCUT2D eigenvalue weighted by molar-refractivity contribution is 6.05. The Bertz CT molecular complexity index is 1070. The topological polar surface area (TPSA) is 73.7 Å². The van der Waals surface area contributed by atoms with Gasteiger partial charge in [-0.25, -0.2) is 0 Å². The van der Waals surface area contributed by atoms with E-state index in [2.05, 4.69) is 25.9 Å². The molecule has 3 saturated heterocycles. The van der Waals surface area contributed by atoms with Gasteiger partial charge in [-0.05, 0) is 51.0 Å². The summed E-state index contributed by atoms with van der Waals surface area (Å²) in [5, 5.41) is 9.15. The number of aromatic nitrogens is 2. The van der Waals surface area contributed by atoms with E-state index in [1.54, 1.807) is 6.92 Å². The molecule has 1 saturated carbocycles. The normalized spacial score (nSPS) is 27.8. The quantitative estimate of drug-likeness (QED) is 0.691. The third-order valence-corrected chi connectivity index (χ3v) is 8.96. The third-order valence-electron chi connectivity index (χ3n) is 8.96. The molecule has 4 heterocycles. The van der Waals surface area contributed by atoms with Crippen LogP contribution >= 0.6 is 0 Å². The summed E-state index contributed by atoms with van der Waals surface area (Å²) in [6.45, 7) is 7.47. The molecule has 0 spiro atoms. The fraction of sp³-hybridized carbons (Fsp3) is 0.667. The Morgan fingerprint density at radius 2 is 1.66 bits per heavy atom. The van der Waals surface area contributed by atoms with Crippen LogP contribution in [0.15, 0.2) is 24.3 Å². The van der Waals surface area contributed by atoms with Crippen molar-refractivity contribution in [1.82, 2.24) is 29.8 Å². The van der Waals surface area contributed by atoms with Crippen LogP contribution in [0.2, 0.25) is 0 Å². The van der Waals surface area contributed by atoms with Crippen LogP contribution in [-0.2, 0) is 4.79 Å². The molecule has 2 amide bonds. The van der Waals surface area contributed by atoms with Gasteiger partial charge in [0.05, 0.1) is 11.6 Å². The van der Waals surface area contributed by atoms with Crippen LogP contribution < -0.4 is 5.32 Å². The molecule has 35 heavy (non-hydrogen) atoms. The van der Waals surface area contributed by atoms with E-state index in [1.807, 2.05) is 23.1 Å². The van der Waals surface area contributed by atoms with Gasteiger partial charge >= 0.3 is 0 Å². The highest BCUT2D eigenvalue weighted by atomic mass is 16.2. The first kappa shape index (κ1) is 23.0. The number of carbonyl (C=O) groups excluding carboxylic acids is 2. The molecule has 1 aromatic heterocycles. The highest BCUT2D eigenvalue weighted by Gasteiger charge is 2.41. The molecule has 2 aromatic rings. The van der Waals surface area contributed by atoms with Gasteiger partial charge in [0.25, 0.3) is 5.91 Å². The maximum absolute atomic E-state index is 13.4. The van der Waals surface area contributed by atoms with Gasteiger partial charge in [-0.2, -0.15) is 5.10 Å². The minimum absolute atomic E-state index is 0.0135. The summed E-state index contributed by atoms with van der Waals surface area (Å²) in [4.78, 5) is 32.1. The van der Waals surface area contributed by atoms with Crippen molar-refractivity contribution in [2.45, 2.75) is 76.0 Å². The molecule has 188 valence electrons. The van der Waals surface area contributed by atoms with E-state index in [4.69, 9.17) is 5.10 Å². The number of amides is 2. The van der Waals surface area contributed by atoms with Crippen molar-refractivity contribution in [3.05, 3.63) is 30.0 Å². The molecule has 3 atom stereocenters. The Balaban J connectivity index is 1.06. The van der Waals surface area contributed by atoms with Gasteiger partial charge in [0.2, 0.25) is 5.91 Å². The SMILES string of the molecule is CC(=O)N1CCN(CCN2[C@@H]3CC[C@H]2C[C@@H](NC(=O)c2nn(C4CCC4)c4ccccc24)C3)CC1. The number of benzene rings is 1. The van der Waals surface area contributed by atoms with E-state index in [0.717, 1.165) is 75.9 Å². The lowest BCUT2D eigenvalue weighted by Crippen LogP contribution is -2.54. The zero-order chi connectivity index (χ0) is 23.9. The minimum Gasteiger partial charge on any atom is -0.348 e. The smallest absolute Gasteiger partial charge is 0.272 e. The first-order valence-electron chi connectivity index (χ1n) is 13.6. The second-order valence-corrected chi connectivity index (χ2v) is 11.0. The Hall–Kier alpha value is -2.45. The van der Waals surface area contributed by atoms with Gasteiger partial charge in [-0.1, -0.05) is 18.2 Å². The molecule has 2 bridgehead atoms. The lowest BCUT2D eigenvalue weighted by Gasteiger charge is -2.41. The van der Waals surface area contributed by atoms with E-state index in [0.29, 0.717) is 23.8 Å². The lowest BCUT2D eigenvalue weighted by atomic mass is 9.93. The maximum Gasteiger partial charge on any atom is 0.272 e. The van der Waals surface area contributed by atoms with E-state index >= 15 is 0 Å². The molecular formula is C27H38N6O2. The van der Waals surface area contributed by atoms with Gasteiger partial charge in [0, 0.05) is 69.7 Å². The molecule has 6 rings (SSSR count). The van der Waals surface area contributed by atoms with Gasteiger partial charge in [0.15, 0.2) is 5.69 Å². The number of nitrogens with zero attached hydrogens (tertiary/aromatic N) is 5. The first-order chi connectivity index (χ1) is 17.1. The van der Waals surface area contributed by atoms with Crippen LogP contribution in [0.25, 0.3) is 10.9 Å². The summed E-state index contributed by atoms with van der Waals surface area (Å²) in [5.74, 6) is 0.176. The van der Waals surface area contributed by atoms with Crippen LogP contribution in [-0.4, -0.2) is 93.7 Å². The number of piperazine rings is 1. The number of hydrogen-bond donors (Lipinski definition) is 1. The van der Waals surface area contributed by atoms with Crippen LogP contribution in [0.1, 0.15) is 68.4 Å². The summed E-state index contributed by atoms with van der Waals surface area (Å²) in [5.41, 5.74) is 1.67. The van der Waals surface area contributed by atoms with Gasteiger partial charge < -0.3 is 10.2 Å². The Labute approximate surface area is 207 Å². The van der Waals surface area contributed by atoms with Gasteiger partial charge in [0.1, 0.15) is 0 Å². The Kier molecular flexibility index (Phi) is 6.26. The predicted molar refractivity (Wildman–Crippen MR) is 135 cm³/mol. The molecule has 0 unspecified atom stereocenters. The van der Waals surface area contributed by atoms with Crippen molar-refractivity contribution in [2.75, 3.05) is 39.3 Å². The lowest BCUT2D eigenvalue weighted by molar-refractivity contribution is -0.130. The Morgan fingerprint density at radius 1 is 0.943 bits per heavy atom. The molecule has 1 aliphatic carbocycles. The molecular weight excluding hydrogens is 440 g/mol. The summed E-state index contributed by atoms with van der Waals surface area (Å²) in [6.07, 6.45) is 8.07. The summed E-state index contributed by atoms with van der Waals surface area (Å²) in [6, 6.07) is 9.95. The molecule has 0 radical (unpaired) electrons. The standard InChI is InChI=1S/C27H38N6O2/c1-19(34)31-14-11-30(12-15-31)13-16-32-22-9-10-23(32)18-20(17-22)28-27(35)26-24-7-2-3-8-25(24)33(29-26)21-5-4-6-21/h2-3,7-8,20-23H,4-6,9-18H2,1H3,(H,28,35)/t20-,22+,23-. The maximum atomic E-state index is 13.4. The summed E-state index contributed by atoms with van der Waals surface area (Å²) < 4.78 is 2.09. The largest absolute Gasteiger partial charge is 0.348 e. The fourth-order valence-corrected chi connectivity index (χ4v) is 6.72. The van der Waals surface area contributed by atoms with Crippen molar-refractivity contribution in [3.8, 4) is 0 Å². The average Bonchev–Trinajstić information content (AvgIpc) is 3.31. The molecule has 4 aliphatic rings. The molecule has 3 aliphatic heterocycles. The Morgan fingerprint density at radius 3 is 2.31 bits per heavy atom. The van der Waals surface area contributed by atoms with E-state index in [-0.39, 0.29) is 17.9 Å². The molecule has 8 heteroatoms. The third kappa shape index (κ3) is 4.47. The molecule has 1 N–H and O–H groups in total. The number of nitrogens with one attached hydrogen (secondary N) is 1. The second kappa shape index (κ2) is 9.54.